The molecular weight excluding hydrogens is 395 g/mol. The molecule has 1 N–H and O–H groups in total. The second-order valence-corrected chi connectivity index (χ2v) is 6.23. The molecule has 0 saturated heterocycles. The molecule has 0 spiro atoms. The maximum Gasteiger partial charge on any atom is 0.183 e. The fraction of sp³-hybridized carbons (Fsp3) is 0.231. The first-order chi connectivity index (χ1) is 8.97. The van der Waals surface area contributed by atoms with Gasteiger partial charge in [-0.25, -0.2) is 0 Å². The molecule has 19 heavy (non-hydrogen) atoms. The lowest BCUT2D eigenvalue weighted by Gasteiger charge is -2.15. The van der Waals surface area contributed by atoms with Gasteiger partial charge in [0.25, 0.3) is 0 Å². The number of hydrogen-bond donors (Lipinski definition) is 1. The first kappa shape index (κ1) is 14.8. The van der Waals surface area contributed by atoms with Gasteiger partial charge in [-0.1, -0.05) is 11.6 Å². The standard InChI is InChI=1S/C13H13Br2ClN2O/c1-18(2)12-4-3-8(5-11(12)16)17-7-9-6-10(14)13(15)19-9/h3-6,17H,7H2,1-2H3. The van der Waals surface area contributed by atoms with Gasteiger partial charge in [0.15, 0.2) is 4.67 Å². The Morgan fingerprint density at radius 2 is 2.00 bits per heavy atom. The number of rotatable bonds is 4. The lowest BCUT2D eigenvalue weighted by atomic mass is 10.2. The van der Waals surface area contributed by atoms with E-state index in [-0.39, 0.29) is 0 Å². The van der Waals surface area contributed by atoms with Crippen molar-refractivity contribution in [3.05, 3.63) is 44.2 Å². The van der Waals surface area contributed by atoms with Crippen LogP contribution in [0.4, 0.5) is 11.4 Å². The minimum Gasteiger partial charge on any atom is -0.451 e. The van der Waals surface area contributed by atoms with Crippen LogP contribution < -0.4 is 10.2 Å². The molecule has 0 unspecified atom stereocenters. The van der Waals surface area contributed by atoms with Crippen LogP contribution in [0.3, 0.4) is 0 Å². The van der Waals surface area contributed by atoms with Gasteiger partial charge in [-0.15, -0.1) is 0 Å². The van der Waals surface area contributed by atoms with Crippen LogP contribution in [0.5, 0.6) is 0 Å². The number of nitrogens with one attached hydrogen (secondary N) is 1. The molecule has 0 fully saturated rings. The highest BCUT2D eigenvalue weighted by molar-refractivity contribution is 9.13. The zero-order valence-electron chi connectivity index (χ0n) is 10.5. The lowest BCUT2D eigenvalue weighted by molar-refractivity contribution is 0.494. The van der Waals surface area contributed by atoms with Crippen LogP contribution in [0.2, 0.25) is 5.02 Å². The summed E-state index contributed by atoms with van der Waals surface area (Å²) in [6, 6.07) is 7.81. The zero-order chi connectivity index (χ0) is 14.0. The van der Waals surface area contributed by atoms with Crippen LogP contribution in [0, 0.1) is 0 Å². The Kier molecular flexibility index (Phi) is 4.81. The van der Waals surface area contributed by atoms with Crippen molar-refractivity contribution in [3.8, 4) is 0 Å². The minimum absolute atomic E-state index is 0.599. The number of benzene rings is 1. The van der Waals surface area contributed by atoms with Crippen LogP contribution in [-0.4, -0.2) is 14.1 Å². The van der Waals surface area contributed by atoms with Crippen molar-refractivity contribution in [2.45, 2.75) is 6.54 Å². The zero-order valence-corrected chi connectivity index (χ0v) is 14.4. The van der Waals surface area contributed by atoms with Gasteiger partial charge in [-0.3, -0.25) is 0 Å². The predicted molar refractivity (Wildman–Crippen MR) is 87.2 cm³/mol. The fourth-order valence-corrected chi connectivity index (χ4v) is 2.66. The Hall–Kier alpha value is -0.650. The van der Waals surface area contributed by atoms with E-state index in [9.17, 15) is 0 Å². The molecular formula is C13H13Br2ClN2O. The van der Waals surface area contributed by atoms with Crippen molar-refractivity contribution < 1.29 is 4.42 Å². The molecule has 0 bridgehead atoms. The van der Waals surface area contributed by atoms with Crippen LogP contribution in [0.15, 0.2) is 37.8 Å². The number of nitrogens with zero attached hydrogens (tertiary/aromatic N) is 1. The Morgan fingerprint density at radius 3 is 2.53 bits per heavy atom. The molecule has 6 heteroatoms. The molecule has 0 atom stereocenters. The molecule has 2 rings (SSSR count). The molecule has 0 aliphatic rings. The monoisotopic (exact) mass is 406 g/mol. The first-order valence-corrected chi connectivity index (χ1v) is 7.58. The molecule has 0 aliphatic carbocycles. The molecule has 0 aliphatic heterocycles. The summed E-state index contributed by atoms with van der Waals surface area (Å²) in [4.78, 5) is 1.98. The number of anilines is 2. The number of halogens is 3. The van der Waals surface area contributed by atoms with Gasteiger partial charge in [-0.2, -0.15) is 0 Å². The Morgan fingerprint density at radius 1 is 1.26 bits per heavy atom. The van der Waals surface area contributed by atoms with Gasteiger partial charge in [0, 0.05) is 19.8 Å². The largest absolute Gasteiger partial charge is 0.451 e. The van der Waals surface area contributed by atoms with E-state index in [1.165, 1.54) is 0 Å². The van der Waals surface area contributed by atoms with E-state index in [0.29, 0.717) is 11.2 Å². The maximum absolute atomic E-state index is 6.22. The highest BCUT2D eigenvalue weighted by Crippen LogP contribution is 2.29. The van der Waals surface area contributed by atoms with Crippen molar-refractivity contribution in [3.63, 3.8) is 0 Å². The van der Waals surface area contributed by atoms with Crippen molar-refractivity contribution in [2.75, 3.05) is 24.3 Å². The van der Waals surface area contributed by atoms with Gasteiger partial charge in [0.05, 0.1) is 21.7 Å². The molecule has 102 valence electrons. The fourth-order valence-electron chi connectivity index (χ4n) is 1.65. The molecule has 0 radical (unpaired) electrons. The Balaban J connectivity index is 2.06. The van der Waals surface area contributed by atoms with E-state index >= 15 is 0 Å². The van der Waals surface area contributed by atoms with Crippen LogP contribution in [0.1, 0.15) is 5.76 Å². The summed E-state index contributed by atoms with van der Waals surface area (Å²) in [5, 5.41) is 3.99. The summed E-state index contributed by atoms with van der Waals surface area (Å²) in [6.45, 7) is 0.599. The molecule has 2 aromatic rings. The quantitative estimate of drug-likeness (QED) is 0.760. The van der Waals surface area contributed by atoms with Crippen molar-refractivity contribution >= 4 is 54.8 Å². The summed E-state index contributed by atoms with van der Waals surface area (Å²) in [6.07, 6.45) is 0. The van der Waals surface area contributed by atoms with Gasteiger partial charge in [0.1, 0.15) is 5.76 Å². The van der Waals surface area contributed by atoms with Gasteiger partial charge >= 0.3 is 0 Å². The number of hydrogen-bond acceptors (Lipinski definition) is 3. The highest BCUT2D eigenvalue weighted by atomic mass is 79.9. The summed E-state index contributed by atoms with van der Waals surface area (Å²) < 4.78 is 7.10. The summed E-state index contributed by atoms with van der Waals surface area (Å²) in [7, 11) is 3.93. The molecule has 1 aromatic heterocycles. The normalized spacial score (nSPS) is 10.6. The minimum atomic E-state index is 0.599. The smallest absolute Gasteiger partial charge is 0.183 e. The van der Waals surface area contributed by atoms with Crippen molar-refractivity contribution in [2.24, 2.45) is 0 Å². The van der Waals surface area contributed by atoms with E-state index in [0.717, 1.165) is 26.6 Å². The molecule has 0 amide bonds. The van der Waals surface area contributed by atoms with E-state index < -0.39 is 0 Å². The van der Waals surface area contributed by atoms with Gasteiger partial charge in [-0.05, 0) is 56.1 Å². The highest BCUT2D eigenvalue weighted by Gasteiger charge is 2.07. The third-order valence-corrected chi connectivity index (χ3v) is 4.61. The summed E-state index contributed by atoms with van der Waals surface area (Å²) in [5.74, 6) is 0.839. The first-order valence-electron chi connectivity index (χ1n) is 5.62. The van der Waals surface area contributed by atoms with E-state index in [2.05, 4.69) is 37.2 Å². The average molecular weight is 409 g/mol. The second-order valence-electron chi connectivity index (χ2n) is 4.25. The van der Waals surface area contributed by atoms with Crippen molar-refractivity contribution in [1.29, 1.82) is 0 Å². The predicted octanol–water partition coefficient (Wildman–Crippen LogP) is 5.14. The van der Waals surface area contributed by atoms with E-state index in [1.54, 1.807) is 0 Å². The molecule has 1 heterocycles. The molecule has 0 saturated carbocycles. The van der Waals surface area contributed by atoms with E-state index in [4.69, 9.17) is 16.0 Å². The Bertz CT molecular complexity index is 565. The van der Waals surface area contributed by atoms with Crippen molar-refractivity contribution in [1.82, 2.24) is 0 Å². The second kappa shape index (κ2) is 6.20. The number of furan rings is 1. The third-order valence-electron chi connectivity index (χ3n) is 2.59. The SMILES string of the molecule is CN(C)c1ccc(NCc2cc(Br)c(Br)o2)cc1Cl. The average Bonchev–Trinajstić information content (AvgIpc) is 2.66. The van der Waals surface area contributed by atoms with Crippen LogP contribution >= 0.6 is 43.5 Å². The summed E-state index contributed by atoms with van der Waals surface area (Å²) in [5.41, 5.74) is 1.95. The van der Waals surface area contributed by atoms with Gasteiger partial charge in [0.2, 0.25) is 0 Å². The van der Waals surface area contributed by atoms with E-state index in [1.807, 2.05) is 43.3 Å². The van der Waals surface area contributed by atoms with Gasteiger partial charge < -0.3 is 14.6 Å². The third kappa shape index (κ3) is 3.68. The van der Waals surface area contributed by atoms with Crippen LogP contribution in [-0.2, 0) is 6.54 Å². The molecule has 3 nitrogen and oxygen atoms in total. The summed E-state index contributed by atoms with van der Waals surface area (Å²) >= 11 is 12.9. The maximum atomic E-state index is 6.22. The Labute approximate surface area is 134 Å². The lowest BCUT2D eigenvalue weighted by Crippen LogP contribution is -2.09. The topological polar surface area (TPSA) is 28.4 Å². The van der Waals surface area contributed by atoms with Crippen LogP contribution in [0.25, 0.3) is 0 Å². The molecule has 1 aromatic carbocycles.